The molecule has 2 aromatic carbocycles. The highest BCUT2D eigenvalue weighted by Crippen LogP contribution is 2.31. The Balaban J connectivity index is 1.92. The minimum absolute atomic E-state index is 0.00980. The number of carbonyl (C=O) groups excluding carboxylic acids is 1. The number of epoxide rings is 1. The maximum atomic E-state index is 13.1. The van der Waals surface area contributed by atoms with Gasteiger partial charge in [0.25, 0.3) is 0 Å². The van der Waals surface area contributed by atoms with Crippen LogP contribution in [-0.4, -0.2) is 25.1 Å². The van der Waals surface area contributed by atoms with Gasteiger partial charge in [0, 0.05) is 5.56 Å². The lowest BCUT2D eigenvalue weighted by molar-refractivity contribution is 0.103. The summed E-state index contributed by atoms with van der Waals surface area (Å²) in [5.41, 5.74) is 3.70. The lowest BCUT2D eigenvalue weighted by Crippen LogP contribution is -2.15. The van der Waals surface area contributed by atoms with Crippen LogP contribution in [0.15, 0.2) is 42.5 Å². The third kappa shape index (κ3) is 4.78. The van der Waals surface area contributed by atoms with Crippen molar-refractivity contribution in [2.75, 3.05) is 13.2 Å². The quantitative estimate of drug-likeness (QED) is 0.533. The smallest absolute Gasteiger partial charge is 0.196 e. The van der Waals surface area contributed by atoms with Crippen molar-refractivity contribution >= 4 is 5.78 Å². The second kappa shape index (κ2) is 7.12. The van der Waals surface area contributed by atoms with E-state index in [-0.39, 0.29) is 22.7 Å². The van der Waals surface area contributed by atoms with Crippen LogP contribution in [0.5, 0.6) is 5.75 Å². The summed E-state index contributed by atoms with van der Waals surface area (Å²) in [5, 5.41) is 0. The van der Waals surface area contributed by atoms with E-state index in [4.69, 9.17) is 9.47 Å². The molecule has 1 aliphatic rings. The summed E-state index contributed by atoms with van der Waals surface area (Å²) in [6, 6.07) is 13.8. The minimum atomic E-state index is -0.0115. The molecule has 0 amide bonds. The molecule has 1 aliphatic heterocycles. The van der Waals surface area contributed by atoms with Crippen LogP contribution in [0.3, 0.4) is 0 Å². The Hall–Kier alpha value is -2.13. The Kier molecular flexibility index (Phi) is 5.18. The van der Waals surface area contributed by atoms with Crippen molar-refractivity contribution in [3.63, 3.8) is 0 Å². The van der Waals surface area contributed by atoms with E-state index in [1.807, 2.05) is 42.5 Å². The maximum absolute atomic E-state index is 13.1. The Morgan fingerprint density at radius 1 is 0.963 bits per heavy atom. The van der Waals surface area contributed by atoms with Gasteiger partial charge >= 0.3 is 0 Å². The molecule has 27 heavy (non-hydrogen) atoms. The van der Waals surface area contributed by atoms with Gasteiger partial charge in [-0.2, -0.15) is 0 Å². The zero-order valence-electron chi connectivity index (χ0n) is 17.3. The number of carbonyl (C=O) groups is 1. The maximum Gasteiger partial charge on any atom is 0.196 e. The molecule has 0 N–H and O–H groups in total. The number of hydrogen-bond donors (Lipinski definition) is 0. The van der Waals surface area contributed by atoms with E-state index < -0.39 is 0 Å². The predicted molar refractivity (Wildman–Crippen MR) is 109 cm³/mol. The molecule has 3 nitrogen and oxygen atoms in total. The van der Waals surface area contributed by atoms with Crippen molar-refractivity contribution < 1.29 is 14.3 Å². The summed E-state index contributed by atoms with van der Waals surface area (Å²) >= 11 is 0. The third-order valence-electron chi connectivity index (χ3n) is 4.93. The zero-order valence-corrected chi connectivity index (χ0v) is 17.3. The number of benzene rings is 2. The van der Waals surface area contributed by atoms with Gasteiger partial charge in [0.05, 0.1) is 12.2 Å². The molecule has 2 aromatic rings. The molecule has 0 saturated carbocycles. The first kappa shape index (κ1) is 19.6. The molecular formula is C24H30O3. The summed E-state index contributed by atoms with van der Waals surface area (Å²) < 4.78 is 11.2. The second-order valence-corrected chi connectivity index (χ2v) is 9.38. The van der Waals surface area contributed by atoms with Crippen LogP contribution in [0.2, 0.25) is 0 Å². The van der Waals surface area contributed by atoms with Crippen LogP contribution in [0.1, 0.15) is 68.6 Å². The summed E-state index contributed by atoms with van der Waals surface area (Å²) in [6.07, 6.45) is 0.150. The highest BCUT2D eigenvalue weighted by atomic mass is 16.6. The standard InChI is InChI=1S/C24H30O3/c1-23(2,3)17-9-7-16(8-10-17)22(25)20-12-11-18(24(4,5)6)13-21(20)27-15-19-14-26-19/h7-13,19H,14-15H2,1-6H3. The first-order valence-electron chi connectivity index (χ1n) is 9.60. The van der Waals surface area contributed by atoms with E-state index >= 15 is 0 Å². The van der Waals surface area contributed by atoms with Gasteiger partial charge in [-0.25, -0.2) is 0 Å². The Morgan fingerprint density at radius 2 is 1.52 bits per heavy atom. The molecule has 1 heterocycles. The summed E-state index contributed by atoms with van der Waals surface area (Å²) in [4.78, 5) is 13.1. The lowest BCUT2D eigenvalue weighted by Gasteiger charge is -2.21. The Morgan fingerprint density at radius 3 is 2.04 bits per heavy atom. The van der Waals surface area contributed by atoms with Crippen LogP contribution in [0.4, 0.5) is 0 Å². The lowest BCUT2D eigenvalue weighted by atomic mass is 9.85. The molecule has 1 fully saturated rings. The monoisotopic (exact) mass is 366 g/mol. The fraction of sp³-hybridized carbons (Fsp3) is 0.458. The van der Waals surface area contributed by atoms with Crippen LogP contribution in [0.25, 0.3) is 0 Å². The molecule has 1 atom stereocenters. The Labute approximate surface area is 162 Å². The molecule has 0 aromatic heterocycles. The van der Waals surface area contributed by atoms with Crippen LogP contribution >= 0.6 is 0 Å². The van der Waals surface area contributed by atoms with Gasteiger partial charge in [-0.15, -0.1) is 0 Å². The minimum Gasteiger partial charge on any atom is -0.490 e. The van der Waals surface area contributed by atoms with E-state index in [9.17, 15) is 4.79 Å². The first-order chi connectivity index (χ1) is 12.6. The average Bonchev–Trinajstić information content (AvgIpc) is 3.42. The van der Waals surface area contributed by atoms with Crippen molar-refractivity contribution in [3.05, 3.63) is 64.7 Å². The summed E-state index contributed by atoms with van der Waals surface area (Å²) in [7, 11) is 0. The van der Waals surface area contributed by atoms with Gasteiger partial charge in [0.1, 0.15) is 18.5 Å². The molecule has 144 valence electrons. The third-order valence-corrected chi connectivity index (χ3v) is 4.93. The summed E-state index contributed by atoms with van der Waals surface area (Å²) in [5.74, 6) is 0.630. The van der Waals surface area contributed by atoms with Crippen molar-refractivity contribution in [3.8, 4) is 5.75 Å². The molecule has 1 saturated heterocycles. The zero-order chi connectivity index (χ0) is 19.8. The fourth-order valence-corrected chi connectivity index (χ4v) is 2.92. The normalized spacial score (nSPS) is 16.9. The van der Waals surface area contributed by atoms with E-state index in [1.165, 1.54) is 5.56 Å². The van der Waals surface area contributed by atoms with Crippen molar-refractivity contribution in [2.45, 2.75) is 58.5 Å². The van der Waals surface area contributed by atoms with Crippen LogP contribution < -0.4 is 4.74 Å². The van der Waals surface area contributed by atoms with Gasteiger partial charge in [-0.05, 0) is 34.1 Å². The van der Waals surface area contributed by atoms with Crippen LogP contribution in [-0.2, 0) is 15.6 Å². The second-order valence-electron chi connectivity index (χ2n) is 9.38. The van der Waals surface area contributed by atoms with Crippen molar-refractivity contribution in [1.82, 2.24) is 0 Å². The molecule has 0 aliphatic carbocycles. The average molecular weight is 367 g/mol. The van der Waals surface area contributed by atoms with E-state index in [1.54, 1.807) is 0 Å². The molecule has 0 bridgehead atoms. The molecule has 3 heteroatoms. The highest BCUT2D eigenvalue weighted by Gasteiger charge is 2.26. The van der Waals surface area contributed by atoms with Gasteiger partial charge in [-0.3, -0.25) is 4.79 Å². The Bertz CT molecular complexity index is 816. The van der Waals surface area contributed by atoms with Gasteiger partial charge < -0.3 is 9.47 Å². The topological polar surface area (TPSA) is 38.8 Å². The number of ketones is 1. The van der Waals surface area contributed by atoms with Gasteiger partial charge in [0.15, 0.2) is 5.78 Å². The predicted octanol–water partition coefficient (Wildman–Crippen LogP) is 5.29. The number of rotatable bonds is 5. The number of ether oxygens (including phenoxy) is 2. The SMILES string of the molecule is CC(C)(C)c1ccc(C(=O)c2ccc(C(C)(C)C)cc2OCC2CO2)cc1. The molecule has 0 radical (unpaired) electrons. The molecule has 0 spiro atoms. The van der Waals surface area contributed by atoms with Crippen molar-refractivity contribution in [1.29, 1.82) is 0 Å². The molecular weight excluding hydrogens is 336 g/mol. The van der Waals surface area contributed by atoms with Gasteiger partial charge in [-0.1, -0.05) is 71.9 Å². The fourth-order valence-electron chi connectivity index (χ4n) is 2.92. The molecule has 1 unspecified atom stereocenters. The number of hydrogen-bond acceptors (Lipinski definition) is 3. The van der Waals surface area contributed by atoms with E-state index in [0.717, 1.165) is 12.2 Å². The van der Waals surface area contributed by atoms with E-state index in [0.29, 0.717) is 23.5 Å². The van der Waals surface area contributed by atoms with Gasteiger partial charge in [0.2, 0.25) is 0 Å². The largest absolute Gasteiger partial charge is 0.490 e. The van der Waals surface area contributed by atoms with Crippen molar-refractivity contribution in [2.24, 2.45) is 0 Å². The van der Waals surface area contributed by atoms with Crippen LogP contribution in [0, 0.1) is 0 Å². The van der Waals surface area contributed by atoms with E-state index in [2.05, 4.69) is 41.5 Å². The highest BCUT2D eigenvalue weighted by molar-refractivity contribution is 6.10. The first-order valence-corrected chi connectivity index (χ1v) is 9.60. The molecule has 3 rings (SSSR count). The summed E-state index contributed by atoms with van der Waals surface area (Å²) in [6.45, 7) is 14.2.